The molecule has 4 heterocycles. The van der Waals surface area contributed by atoms with Crippen molar-refractivity contribution in [3.63, 3.8) is 0 Å². The van der Waals surface area contributed by atoms with Crippen LogP contribution in [-0.2, 0) is 11.2 Å². The number of carbonyl (C=O) groups excluding carboxylic acids is 1. The lowest BCUT2D eigenvalue weighted by Crippen LogP contribution is -2.40. The second-order valence-corrected chi connectivity index (χ2v) is 8.82. The Kier molecular flexibility index (Phi) is 5.86. The summed E-state index contributed by atoms with van der Waals surface area (Å²) in [5.41, 5.74) is 2.97. The van der Waals surface area contributed by atoms with E-state index in [4.69, 9.17) is 9.40 Å². The molecule has 1 aliphatic heterocycles. The molecule has 160 valence electrons. The number of nitrogens with one attached hydrogen (secondary N) is 1. The van der Waals surface area contributed by atoms with Crippen LogP contribution in [0.3, 0.4) is 0 Å². The van der Waals surface area contributed by atoms with E-state index in [1.54, 1.807) is 17.6 Å². The van der Waals surface area contributed by atoms with Crippen molar-refractivity contribution in [3.05, 3.63) is 71.8 Å². The largest absolute Gasteiger partial charge is 0.468 e. The van der Waals surface area contributed by atoms with Crippen molar-refractivity contribution in [2.24, 2.45) is 0 Å². The van der Waals surface area contributed by atoms with E-state index >= 15 is 0 Å². The van der Waals surface area contributed by atoms with Crippen LogP contribution in [0.15, 0.2) is 64.7 Å². The molecule has 0 saturated carbocycles. The van der Waals surface area contributed by atoms with E-state index < -0.39 is 0 Å². The fourth-order valence-electron chi connectivity index (χ4n) is 4.26. The first-order chi connectivity index (χ1) is 15.3. The van der Waals surface area contributed by atoms with Gasteiger partial charge in [0.25, 0.3) is 0 Å². The van der Waals surface area contributed by atoms with Gasteiger partial charge in [-0.2, -0.15) is 0 Å². The molecule has 5 rings (SSSR count). The number of hydrogen-bond donors (Lipinski definition) is 1. The molecule has 1 atom stereocenters. The van der Waals surface area contributed by atoms with Gasteiger partial charge >= 0.3 is 0 Å². The first-order valence-electron chi connectivity index (χ1n) is 10.8. The SMILES string of the molecule is O=C(Cc1csc2nc(-c3ccccc3)cn12)NCC(c1ccco1)N1CCCCC1. The zero-order valence-electron chi connectivity index (χ0n) is 17.4. The van der Waals surface area contributed by atoms with Crippen LogP contribution in [0.1, 0.15) is 36.8 Å². The minimum absolute atomic E-state index is 0.0169. The van der Waals surface area contributed by atoms with Gasteiger partial charge in [0.15, 0.2) is 4.96 Å². The number of furan rings is 1. The van der Waals surface area contributed by atoms with E-state index in [0.29, 0.717) is 13.0 Å². The van der Waals surface area contributed by atoms with Gasteiger partial charge in [0.2, 0.25) is 5.91 Å². The third kappa shape index (κ3) is 4.43. The molecule has 0 radical (unpaired) electrons. The van der Waals surface area contributed by atoms with Crippen molar-refractivity contribution in [2.45, 2.75) is 31.7 Å². The van der Waals surface area contributed by atoms with E-state index in [1.165, 1.54) is 19.3 Å². The van der Waals surface area contributed by atoms with Gasteiger partial charge in [-0.05, 0) is 38.1 Å². The van der Waals surface area contributed by atoms with E-state index in [0.717, 1.165) is 40.8 Å². The summed E-state index contributed by atoms with van der Waals surface area (Å²) in [7, 11) is 0. The number of nitrogens with zero attached hydrogens (tertiary/aromatic N) is 3. The number of hydrogen-bond acceptors (Lipinski definition) is 5. The third-order valence-corrected chi connectivity index (χ3v) is 6.78. The lowest BCUT2D eigenvalue weighted by atomic mass is 10.1. The van der Waals surface area contributed by atoms with Crippen LogP contribution in [0.25, 0.3) is 16.2 Å². The number of likely N-dealkylation sites (tertiary alicyclic amines) is 1. The van der Waals surface area contributed by atoms with Crippen LogP contribution in [0.2, 0.25) is 0 Å². The average Bonchev–Trinajstić information content (AvgIpc) is 3.55. The van der Waals surface area contributed by atoms with Gasteiger partial charge in [-0.25, -0.2) is 4.98 Å². The summed E-state index contributed by atoms with van der Waals surface area (Å²) in [6, 6.07) is 14.1. The summed E-state index contributed by atoms with van der Waals surface area (Å²) < 4.78 is 7.71. The van der Waals surface area contributed by atoms with Crippen LogP contribution < -0.4 is 5.32 Å². The summed E-state index contributed by atoms with van der Waals surface area (Å²) >= 11 is 1.57. The molecule has 1 aliphatic rings. The molecular weight excluding hydrogens is 408 g/mol. The van der Waals surface area contributed by atoms with E-state index in [-0.39, 0.29) is 11.9 Å². The maximum atomic E-state index is 12.8. The normalized spacial score (nSPS) is 15.9. The molecule has 1 saturated heterocycles. The molecule has 1 fully saturated rings. The predicted molar refractivity (Wildman–Crippen MR) is 122 cm³/mol. The van der Waals surface area contributed by atoms with Crippen LogP contribution in [-0.4, -0.2) is 39.8 Å². The average molecular weight is 435 g/mol. The standard InChI is InChI=1S/C24H26N4O2S/c29-23(25-15-21(22-10-7-13-30-22)27-11-5-2-6-12-27)14-19-17-31-24-26-20(16-28(19)24)18-8-3-1-4-9-18/h1,3-4,7-10,13,16-17,21H,2,5-6,11-12,14-15H2,(H,25,29). The first kappa shape index (κ1) is 20.0. The van der Waals surface area contributed by atoms with Crippen LogP contribution in [0, 0.1) is 0 Å². The van der Waals surface area contributed by atoms with Crippen LogP contribution >= 0.6 is 11.3 Å². The zero-order valence-corrected chi connectivity index (χ0v) is 18.2. The third-order valence-electron chi connectivity index (χ3n) is 5.89. The van der Waals surface area contributed by atoms with Gasteiger partial charge in [0.1, 0.15) is 5.76 Å². The lowest BCUT2D eigenvalue weighted by Gasteiger charge is -2.33. The zero-order chi connectivity index (χ0) is 21.0. The number of benzene rings is 1. The maximum Gasteiger partial charge on any atom is 0.226 e. The summed E-state index contributed by atoms with van der Waals surface area (Å²) in [6.07, 6.45) is 7.72. The molecule has 31 heavy (non-hydrogen) atoms. The Morgan fingerprint density at radius 3 is 2.74 bits per heavy atom. The molecule has 0 spiro atoms. The van der Waals surface area contributed by atoms with Crippen LogP contribution in [0.4, 0.5) is 0 Å². The summed E-state index contributed by atoms with van der Waals surface area (Å²) in [6.45, 7) is 2.65. The molecule has 0 bridgehead atoms. The molecule has 7 heteroatoms. The Balaban J connectivity index is 1.26. The second kappa shape index (κ2) is 9.08. The molecule has 1 amide bonds. The van der Waals surface area contributed by atoms with Gasteiger partial charge in [0, 0.05) is 29.4 Å². The first-order valence-corrected chi connectivity index (χ1v) is 11.7. The second-order valence-electron chi connectivity index (χ2n) is 7.98. The van der Waals surface area contributed by atoms with Gasteiger partial charge < -0.3 is 9.73 Å². The molecule has 1 N–H and O–H groups in total. The van der Waals surface area contributed by atoms with Gasteiger partial charge in [-0.1, -0.05) is 36.8 Å². The van der Waals surface area contributed by atoms with Crippen molar-refractivity contribution in [3.8, 4) is 11.3 Å². The number of piperidine rings is 1. The fourth-order valence-corrected chi connectivity index (χ4v) is 5.14. The number of imidazole rings is 1. The van der Waals surface area contributed by atoms with Crippen molar-refractivity contribution >= 4 is 22.2 Å². The van der Waals surface area contributed by atoms with Gasteiger partial charge in [0.05, 0.1) is 24.4 Å². The monoisotopic (exact) mass is 434 g/mol. The van der Waals surface area contributed by atoms with E-state index in [1.807, 2.05) is 58.4 Å². The highest BCUT2D eigenvalue weighted by atomic mass is 32.1. The van der Waals surface area contributed by atoms with Crippen LogP contribution in [0.5, 0.6) is 0 Å². The van der Waals surface area contributed by atoms with E-state index in [9.17, 15) is 4.79 Å². The van der Waals surface area contributed by atoms with Crippen molar-refractivity contribution in [1.29, 1.82) is 0 Å². The Morgan fingerprint density at radius 2 is 1.97 bits per heavy atom. The summed E-state index contributed by atoms with van der Waals surface area (Å²) in [4.78, 5) is 20.8. The summed E-state index contributed by atoms with van der Waals surface area (Å²) in [5, 5.41) is 5.16. The van der Waals surface area contributed by atoms with Crippen molar-refractivity contribution in [1.82, 2.24) is 19.6 Å². The Hall–Kier alpha value is -2.90. The van der Waals surface area contributed by atoms with Gasteiger partial charge in [-0.15, -0.1) is 11.3 Å². The predicted octanol–water partition coefficient (Wildman–Crippen LogP) is 4.54. The highest BCUT2D eigenvalue weighted by Gasteiger charge is 2.25. The van der Waals surface area contributed by atoms with E-state index in [2.05, 4.69) is 10.2 Å². The number of fused-ring (bicyclic) bond motifs is 1. The molecular formula is C24H26N4O2S. The molecule has 6 nitrogen and oxygen atoms in total. The molecule has 3 aromatic heterocycles. The number of thiazole rings is 1. The quantitative estimate of drug-likeness (QED) is 0.464. The Morgan fingerprint density at radius 1 is 1.13 bits per heavy atom. The van der Waals surface area contributed by atoms with Gasteiger partial charge in [-0.3, -0.25) is 14.1 Å². The highest BCUT2D eigenvalue weighted by Crippen LogP contribution is 2.25. The minimum Gasteiger partial charge on any atom is -0.468 e. The Labute approximate surface area is 185 Å². The number of amides is 1. The van der Waals surface area contributed by atoms with Crippen molar-refractivity contribution < 1.29 is 9.21 Å². The van der Waals surface area contributed by atoms with Crippen molar-refractivity contribution in [2.75, 3.05) is 19.6 Å². The fraction of sp³-hybridized carbons (Fsp3) is 0.333. The maximum absolute atomic E-state index is 12.8. The number of aromatic nitrogens is 2. The highest BCUT2D eigenvalue weighted by molar-refractivity contribution is 7.15. The number of rotatable bonds is 7. The smallest absolute Gasteiger partial charge is 0.226 e. The topological polar surface area (TPSA) is 62.8 Å². The summed E-state index contributed by atoms with van der Waals surface area (Å²) in [5.74, 6) is 0.936. The molecule has 4 aromatic rings. The molecule has 0 aliphatic carbocycles. The molecule has 1 aromatic carbocycles. The minimum atomic E-state index is 0.0169. The number of carbonyl (C=O) groups is 1. The molecule has 1 unspecified atom stereocenters. The lowest BCUT2D eigenvalue weighted by molar-refractivity contribution is -0.120. The Bertz CT molecular complexity index is 1130.